The van der Waals surface area contributed by atoms with Gasteiger partial charge < -0.3 is 9.72 Å². The molecular weight excluding hydrogens is 252 g/mol. The van der Waals surface area contributed by atoms with E-state index in [2.05, 4.69) is 38.7 Å². The Labute approximate surface area is 117 Å². The first-order chi connectivity index (χ1) is 9.86. The summed E-state index contributed by atoms with van der Waals surface area (Å²) in [6.07, 6.45) is 9.19. The molecular formula is C15H18N4O. The Morgan fingerprint density at radius 1 is 1.40 bits per heavy atom. The molecule has 0 radical (unpaired) electrons. The minimum atomic E-state index is 0.553. The number of fused-ring (bicyclic) bond motifs is 3. The Morgan fingerprint density at radius 3 is 3.05 bits per heavy atom. The van der Waals surface area contributed by atoms with E-state index >= 15 is 0 Å². The number of rotatable bonds is 2. The number of H-pyrrole nitrogens is 1. The predicted molar refractivity (Wildman–Crippen MR) is 77.0 cm³/mol. The fourth-order valence-corrected chi connectivity index (χ4v) is 3.10. The lowest BCUT2D eigenvalue weighted by Crippen LogP contribution is -2.14. The van der Waals surface area contributed by atoms with Crippen molar-refractivity contribution in [1.82, 2.24) is 19.4 Å². The Bertz CT molecular complexity index is 752. The average molecular weight is 270 g/mol. The molecule has 4 heterocycles. The van der Waals surface area contributed by atoms with Gasteiger partial charge in [-0.3, -0.25) is 4.40 Å². The first-order valence-electron chi connectivity index (χ1n) is 7.28. The van der Waals surface area contributed by atoms with Crippen LogP contribution in [0.1, 0.15) is 36.9 Å². The van der Waals surface area contributed by atoms with Crippen LogP contribution in [-0.2, 0) is 11.2 Å². The molecule has 3 aromatic rings. The number of hydrogen-bond acceptors (Lipinski definition) is 3. The van der Waals surface area contributed by atoms with Crippen LogP contribution in [0.4, 0.5) is 0 Å². The second kappa shape index (κ2) is 4.59. The molecule has 0 amide bonds. The predicted octanol–water partition coefficient (Wildman–Crippen LogP) is 2.67. The van der Waals surface area contributed by atoms with Crippen molar-refractivity contribution in [3.05, 3.63) is 29.8 Å². The maximum atomic E-state index is 5.47. The lowest BCUT2D eigenvalue weighted by Gasteiger charge is -2.21. The third-order valence-corrected chi connectivity index (χ3v) is 4.22. The van der Waals surface area contributed by atoms with Crippen LogP contribution in [0.25, 0.3) is 16.8 Å². The molecule has 3 aromatic heterocycles. The standard InChI is InChI=1S/C15H18N4O/c1-2-11-9-19-13(18-11)8-17-15-14(19)12(7-16-15)10-3-5-20-6-4-10/h7-10,16H,2-6H2,1H3. The number of aryl methyl sites for hydroxylation is 1. The highest BCUT2D eigenvalue weighted by Gasteiger charge is 2.21. The van der Waals surface area contributed by atoms with Crippen LogP contribution in [0, 0.1) is 0 Å². The zero-order chi connectivity index (χ0) is 13.5. The summed E-state index contributed by atoms with van der Waals surface area (Å²) in [6.45, 7) is 3.83. The van der Waals surface area contributed by atoms with E-state index in [1.165, 1.54) is 11.1 Å². The molecule has 20 heavy (non-hydrogen) atoms. The first kappa shape index (κ1) is 11.9. The topological polar surface area (TPSA) is 55.2 Å². The van der Waals surface area contributed by atoms with Gasteiger partial charge in [0.15, 0.2) is 11.3 Å². The molecule has 0 unspecified atom stereocenters. The van der Waals surface area contributed by atoms with Gasteiger partial charge in [-0.05, 0) is 30.7 Å². The van der Waals surface area contributed by atoms with E-state index in [0.29, 0.717) is 5.92 Å². The molecule has 104 valence electrons. The van der Waals surface area contributed by atoms with E-state index < -0.39 is 0 Å². The maximum absolute atomic E-state index is 5.47. The van der Waals surface area contributed by atoms with Gasteiger partial charge in [0.25, 0.3) is 0 Å². The second-order valence-electron chi connectivity index (χ2n) is 5.40. The van der Waals surface area contributed by atoms with Crippen molar-refractivity contribution in [3.63, 3.8) is 0 Å². The molecule has 1 N–H and O–H groups in total. The number of imidazole rings is 1. The van der Waals surface area contributed by atoms with Crippen molar-refractivity contribution in [2.24, 2.45) is 0 Å². The summed E-state index contributed by atoms with van der Waals surface area (Å²) in [6, 6.07) is 0. The Hall–Kier alpha value is -1.88. The van der Waals surface area contributed by atoms with E-state index in [9.17, 15) is 0 Å². The molecule has 5 heteroatoms. The Kier molecular flexibility index (Phi) is 2.73. The van der Waals surface area contributed by atoms with Gasteiger partial charge in [0.2, 0.25) is 0 Å². The fraction of sp³-hybridized carbons (Fsp3) is 0.467. The molecule has 1 fully saturated rings. The molecule has 0 aliphatic carbocycles. The maximum Gasteiger partial charge on any atom is 0.156 e. The van der Waals surface area contributed by atoms with Gasteiger partial charge in [-0.15, -0.1) is 0 Å². The van der Waals surface area contributed by atoms with Crippen LogP contribution >= 0.6 is 0 Å². The lowest BCUT2D eigenvalue weighted by atomic mass is 9.93. The van der Waals surface area contributed by atoms with Gasteiger partial charge in [0, 0.05) is 25.6 Å². The summed E-state index contributed by atoms with van der Waals surface area (Å²) in [7, 11) is 0. The summed E-state index contributed by atoms with van der Waals surface area (Å²) >= 11 is 0. The zero-order valence-corrected chi connectivity index (χ0v) is 11.6. The van der Waals surface area contributed by atoms with Crippen molar-refractivity contribution >= 4 is 16.8 Å². The van der Waals surface area contributed by atoms with E-state index in [1.54, 1.807) is 0 Å². The summed E-state index contributed by atoms with van der Waals surface area (Å²) in [4.78, 5) is 12.4. The molecule has 0 saturated carbocycles. The van der Waals surface area contributed by atoms with Gasteiger partial charge in [0.1, 0.15) is 0 Å². The Balaban J connectivity index is 1.94. The minimum absolute atomic E-state index is 0.553. The third kappa shape index (κ3) is 1.73. The summed E-state index contributed by atoms with van der Waals surface area (Å²) in [5.74, 6) is 0.553. The van der Waals surface area contributed by atoms with Crippen LogP contribution < -0.4 is 0 Å². The van der Waals surface area contributed by atoms with Gasteiger partial charge in [-0.25, -0.2) is 9.97 Å². The number of aromatic nitrogens is 4. The van der Waals surface area contributed by atoms with Gasteiger partial charge >= 0.3 is 0 Å². The summed E-state index contributed by atoms with van der Waals surface area (Å²) < 4.78 is 7.66. The van der Waals surface area contributed by atoms with E-state index in [4.69, 9.17) is 4.74 Å². The molecule has 0 spiro atoms. The smallest absolute Gasteiger partial charge is 0.156 e. The van der Waals surface area contributed by atoms with E-state index in [1.807, 2.05) is 6.20 Å². The summed E-state index contributed by atoms with van der Waals surface area (Å²) in [5, 5.41) is 0. The van der Waals surface area contributed by atoms with Gasteiger partial charge in [-0.1, -0.05) is 6.92 Å². The molecule has 0 bridgehead atoms. The lowest BCUT2D eigenvalue weighted by molar-refractivity contribution is 0.0856. The minimum Gasteiger partial charge on any atom is -0.381 e. The summed E-state index contributed by atoms with van der Waals surface area (Å²) in [5.41, 5.74) is 5.52. The number of hydrogen-bond donors (Lipinski definition) is 1. The number of nitrogens with one attached hydrogen (secondary N) is 1. The first-order valence-corrected chi connectivity index (χ1v) is 7.28. The van der Waals surface area contributed by atoms with Gasteiger partial charge in [-0.2, -0.15) is 0 Å². The van der Waals surface area contributed by atoms with Crippen molar-refractivity contribution in [1.29, 1.82) is 0 Å². The van der Waals surface area contributed by atoms with Crippen LogP contribution in [0.5, 0.6) is 0 Å². The van der Waals surface area contributed by atoms with Crippen molar-refractivity contribution in [2.75, 3.05) is 13.2 Å². The van der Waals surface area contributed by atoms with Crippen LogP contribution in [0.2, 0.25) is 0 Å². The molecule has 4 rings (SSSR count). The highest BCUT2D eigenvalue weighted by molar-refractivity contribution is 5.79. The molecule has 1 aliphatic rings. The van der Waals surface area contributed by atoms with Crippen LogP contribution in [-0.4, -0.2) is 32.6 Å². The van der Waals surface area contributed by atoms with Crippen molar-refractivity contribution < 1.29 is 4.74 Å². The fourth-order valence-electron chi connectivity index (χ4n) is 3.10. The molecule has 0 atom stereocenters. The largest absolute Gasteiger partial charge is 0.381 e. The van der Waals surface area contributed by atoms with Crippen molar-refractivity contribution in [2.45, 2.75) is 32.1 Å². The Morgan fingerprint density at radius 2 is 2.25 bits per heavy atom. The second-order valence-corrected chi connectivity index (χ2v) is 5.40. The van der Waals surface area contributed by atoms with Crippen molar-refractivity contribution in [3.8, 4) is 0 Å². The van der Waals surface area contributed by atoms with E-state index in [-0.39, 0.29) is 0 Å². The van der Waals surface area contributed by atoms with E-state index in [0.717, 1.165) is 49.5 Å². The third-order valence-electron chi connectivity index (χ3n) is 4.22. The van der Waals surface area contributed by atoms with Crippen LogP contribution in [0.15, 0.2) is 18.6 Å². The number of nitrogens with zero attached hydrogens (tertiary/aromatic N) is 3. The highest BCUT2D eigenvalue weighted by atomic mass is 16.5. The van der Waals surface area contributed by atoms with Gasteiger partial charge in [0.05, 0.1) is 17.4 Å². The monoisotopic (exact) mass is 270 g/mol. The zero-order valence-electron chi connectivity index (χ0n) is 11.6. The molecule has 1 aliphatic heterocycles. The highest BCUT2D eigenvalue weighted by Crippen LogP contribution is 2.32. The average Bonchev–Trinajstić information content (AvgIpc) is 3.11. The number of aromatic amines is 1. The number of ether oxygens (including phenoxy) is 1. The molecule has 5 nitrogen and oxygen atoms in total. The molecule has 1 saturated heterocycles. The normalized spacial score (nSPS) is 17.2. The SMILES string of the molecule is CCc1cn2c(cnc3[nH]cc(C4CCOCC4)c32)n1. The van der Waals surface area contributed by atoms with Crippen LogP contribution in [0.3, 0.4) is 0 Å². The molecule has 0 aromatic carbocycles. The quantitative estimate of drug-likeness (QED) is 0.779.